The number of nitrogens with zero attached hydrogens (tertiary/aromatic N) is 2. The van der Waals surface area contributed by atoms with E-state index in [9.17, 15) is 32.3 Å². The molecular formula is C25H18BrF3N2O5S2. The first-order chi connectivity index (χ1) is 18.0. The summed E-state index contributed by atoms with van der Waals surface area (Å²) in [5, 5.41) is -0.651. The molecule has 38 heavy (non-hydrogen) atoms. The maximum Gasteiger partial charge on any atom is 0.416 e. The van der Waals surface area contributed by atoms with Gasteiger partial charge in [-0.1, -0.05) is 57.2 Å². The number of halogens is 4. The normalized spacial score (nSPS) is 20.9. The summed E-state index contributed by atoms with van der Waals surface area (Å²) in [6.45, 7) is 1.39. The van der Waals surface area contributed by atoms with Gasteiger partial charge in [0.05, 0.1) is 28.8 Å². The number of amides is 2. The molecule has 2 aromatic carbocycles. The van der Waals surface area contributed by atoms with E-state index in [0.717, 1.165) is 46.2 Å². The molecule has 1 fully saturated rings. The summed E-state index contributed by atoms with van der Waals surface area (Å²) in [6, 6.07) is 11.1. The molecule has 7 nitrogen and oxygen atoms in total. The fourth-order valence-corrected chi connectivity index (χ4v) is 7.92. The van der Waals surface area contributed by atoms with Crippen molar-refractivity contribution < 1.29 is 32.3 Å². The van der Waals surface area contributed by atoms with Crippen LogP contribution in [0.5, 0.6) is 0 Å². The third kappa shape index (κ3) is 4.60. The Balaban J connectivity index is 1.64. The van der Waals surface area contributed by atoms with Crippen molar-refractivity contribution in [3.8, 4) is 0 Å². The number of thiazole rings is 1. The van der Waals surface area contributed by atoms with Crippen molar-refractivity contribution in [3.05, 3.63) is 78.7 Å². The lowest BCUT2D eigenvalue weighted by Crippen LogP contribution is -2.32. The highest BCUT2D eigenvalue weighted by atomic mass is 79.9. The first-order valence-electron chi connectivity index (χ1n) is 11.4. The Morgan fingerprint density at radius 2 is 1.82 bits per heavy atom. The van der Waals surface area contributed by atoms with E-state index >= 15 is 0 Å². The van der Waals surface area contributed by atoms with Crippen molar-refractivity contribution in [2.45, 2.75) is 35.8 Å². The summed E-state index contributed by atoms with van der Waals surface area (Å²) in [4.78, 5) is 53.5. The number of imide groups is 1. The van der Waals surface area contributed by atoms with Gasteiger partial charge in [-0.15, -0.1) is 0 Å². The summed E-state index contributed by atoms with van der Waals surface area (Å²) >= 11 is 5.27. The average Bonchev–Trinajstić information content (AvgIpc) is 3.30. The number of hydrogen-bond acceptors (Lipinski definition) is 7. The molecule has 2 aliphatic heterocycles. The quantitative estimate of drug-likeness (QED) is 0.291. The number of fused-ring (bicyclic) bond motifs is 2. The monoisotopic (exact) mass is 626 g/mol. The Bertz CT molecular complexity index is 1520. The SMILES string of the molecule is CCOC(=O)Cn1c2c(sc1=O)C(c1cccc(Br)c1)C1C(=O)N(c3cccc(C(F)(F)F)c3)C(=O)C1S2. The van der Waals surface area contributed by atoms with Crippen LogP contribution in [-0.4, -0.2) is 34.2 Å². The molecule has 13 heteroatoms. The highest BCUT2D eigenvalue weighted by Crippen LogP contribution is 2.54. The molecular weight excluding hydrogens is 609 g/mol. The number of esters is 1. The smallest absolute Gasteiger partial charge is 0.416 e. The number of alkyl halides is 3. The first kappa shape index (κ1) is 26.7. The third-order valence-electron chi connectivity index (χ3n) is 6.28. The van der Waals surface area contributed by atoms with Gasteiger partial charge in [-0.05, 0) is 42.8 Å². The Morgan fingerprint density at radius 1 is 1.08 bits per heavy atom. The van der Waals surface area contributed by atoms with Gasteiger partial charge in [-0.2, -0.15) is 13.2 Å². The molecule has 1 saturated heterocycles. The third-order valence-corrected chi connectivity index (χ3v) is 9.38. The highest BCUT2D eigenvalue weighted by Gasteiger charge is 2.57. The van der Waals surface area contributed by atoms with Gasteiger partial charge < -0.3 is 4.74 Å². The zero-order chi connectivity index (χ0) is 27.4. The van der Waals surface area contributed by atoms with E-state index in [4.69, 9.17) is 4.74 Å². The minimum Gasteiger partial charge on any atom is -0.465 e. The van der Waals surface area contributed by atoms with Gasteiger partial charge in [0.2, 0.25) is 11.8 Å². The number of thioether (sulfide) groups is 1. The molecule has 1 aromatic heterocycles. The van der Waals surface area contributed by atoms with Crippen LogP contribution in [0.25, 0.3) is 0 Å². The van der Waals surface area contributed by atoms with Crippen molar-refractivity contribution >= 4 is 62.5 Å². The molecule has 0 aliphatic carbocycles. The topological polar surface area (TPSA) is 85.7 Å². The number of rotatable bonds is 5. The molecule has 0 saturated carbocycles. The van der Waals surface area contributed by atoms with Crippen molar-refractivity contribution in [1.29, 1.82) is 0 Å². The van der Waals surface area contributed by atoms with E-state index in [0.29, 0.717) is 19.9 Å². The largest absolute Gasteiger partial charge is 0.465 e. The van der Waals surface area contributed by atoms with E-state index in [1.807, 2.05) is 0 Å². The van der Waals surface area contributed by atoms with Crippen molar-refractivity contribution in [2.75, 3.05) is 11.5 Å². The molecule has 2 aliphatic rings. The van der Waals surface area contributed by atoms with Gasteiger partial charge in [-0.3, -0.25) is 23.7 Å². The van der Waals surface area contributed by atoms with Crippen LogP contribution in [0.2, 0.25) is 0 Å². The zero-order valence-corrected chi connectivity index (χ0v) is 22.7. The molecule has 2 amide bonds. The second-order valence-electron chi connectivity index (χ2n) is 8.59. The Labute approximate surface area is 230 Å². The first-order valence-corrected chi connectivity index (χ1v) is 13.9. The van der Waals surface area contributed by atoms with Gasteiger partial charge in [0.15, 0.2) is 0 Å². The van der Waals surface area contributed by atoms with Crippen LogP contribution < -0.4 is 9.77 Å². The second-order valence-corrected chi connectivity index (χ2v) is 11.6. The lowest BCUT2D eigenvalue weighted by atomic mass is 9.83. The molecule has 3 unspecified atom stereocenters. The highest BCUT2D eigenvalue weighted by molar-refractivity contribution is 9.10. The summed E-state index contributed by atoms with van der Waals surface area (Å²) in [7, 11) is 0. The van der Waals surface area contributed by atoms with E-state index in [1.165, 1.54) is 10.6 Å². The molecule has 3 aromatic rings. The number of hydrogen-bond donors (Lipinski definition) is 0. The molecule has 5 rings (SSSR count). The molecule has 0 N–H and O–H groups in total. The molecule has 0 radical (unpaired) electrons. The number of aromatic nitrogens is 1. The number of benzene rings is 2. The van der Waals surface area contributed by atoms with Crippen LogP contribution in [0.4, 0.5) is 18.9 Å². The Hall–Kier alpha value is -2.90. The summed E-state index contributed by atoms with van der Waals surface area (Å²) in [5.41, 5.74) is -0.512. The summed E-state index contributed by atoms with van der Waals surface area (Å²) < 4.78 is 47.1. The van der Waals surface area contributed by atoms with E-state index in [1.54, 1.807) is 31.2 Å². The van der Waals surface area contributed by atoms with Gasteiger partial charge in [-0.25, -0.2) is 4.90 Å². The predicted molar refractivity (Wildman–Crippen MR) is 138 cm³/mol. The molecule has 198 valence electrons. The molecule has 0 spiro atoms. The van der Waals surface area contributed by atoms with Crippen molar-refractivity contribution in [3.63, 3.8) is 0 Å². The van der Waals surface area contributed by atoms with Crippen LogP contribution in [0, 0.1) is 5.92 Å². The maximum absolute atomic E-state index is 13.8. The van der Waals surface area contributed by atoms with E-state index in [-0.39, 0.29) is 18.8 Å². The fraction of sp³-hybridized carbons (Fsp3) is 0.280. The van der Waals surface area contributed by atoms with E-state index < -0.39 is 51.5 Å². The second kappa shape index (κ2) is 10.0. The van der Waals surface area contributed by atoms with Gasteiger partial charge >= 0.3 is 17.0 Å². The summed E-state index contributed by atoms with van der Waals surface area (Å²) in [5.74, 6) is -3.67. The van der Waals surface area contributed by atoms with Crippen LogP contribution in [0.15, 0.2) is 62.8 Å². The van der Waals surface area contributed by atoms with Crippen molar-refractivity contribution in [2.24, 2.45) is 5.92 Å². The molecule has 3 heterocycles. The Kier molecular flexibility index (Phi) is 7.03. The standard InChI is InChI=1S/C25H18BrF3N2O5S2/c1-2-36-16(32)11-30-23-20(38-24(30)35)17(12-5-3-7-14(26)9-12)18-19(37-23)22(34)31(21(18)33)15-8-4-6-13(10-15)25(27,28)29/h3-10,17-19H,2,11H2,1H3. The van der Waals surface area contributed by atoms with E-state index in [2.05, 4.69) is 15.9 Å². The number of anilines is 1. The Morgan fingerprint density at radius 3 is 2.50 bits per heavy atom. The van der Waals surface area contributed by atoms with Crippen LogP contribution in [0.1, 0.15) is 28.8 Å². The molecule has 0 bridgehead atoms. The van der Waals surface area contributed by atoms with Crippen LogP contribution in [-0.2, 0) is 31.8 Å². The van der Waals surface area contributed by atoms with Crippen LogP contribution in [0.3, 0.4) is 0 Å². The summed E-state index contributed by atoms with van der Waals surface area (Å²) in [6.07, 6.45) is -4.66. The van der Waals surface area contributed by atoms with Gasteiger partial charge in [0, 0.05) is 15.3 Å². The number of carbonyl (C=O) groups excluding carboxylic acids is 3. The minimum atomic E-state index is -4.66. The van der Waals surface area contributed by atoms with Gasteiger partial charge in [0.1, 0.15) is 11.8 Å². The zero-order valence-electron chi connectivity index (χ0n) is 19.5. The predicted octanol–water partition coefficient (Wildman–Crippen LogP) is 5.05. The number of ether oxygens (including phenoxy) is 1. The fourth-order valence-electron chi connectivity index (χ4n) is 4.73. The lowest BCUT2D eigenvalue weighted by Gasteiger charge is -2.30. The number of carbonyl (C=O) groups is 3. The molecule has 3 atom stereocenters. The minimum absolute atomic E-state index is 0.122. The maximum atomic E-state index is 13.8. The lowest BCUT2D eigenvalue weighted by molar-refractivity contribution is -0.144. The van der Waals surface area contributed by atoms with Crippen molar-refractivity contribution in [1.82, 2.24) is 4.57 Å². The average molecular weight is 627 g/mol. The van der Waals surface area contributed by atoms with Gasteiger partial charge in [0.25, 0.3) is 0 Å². The van der Waals surface area contributed by atoms with Crippen LogP contribution >= 0.6 is 39.0 Å².